The van der Waals surface area contributed by atoms with Crippen molar-refractivity contribution in [3.63, 3.8) is 0 Å². The smallest absolute Gasteiger partial charge is 0.234 e. The summed E-state index contributed by atoms with van der Waals surface area (Å²) in [6, 6.07) is 0.572. The van der Waals surface area contributed by atoms with E-state index < -0.39 is 0 Å². The van der Waals surface area contributed by atoms with Crippen LogP contribution in [0.15, 0.2) is 12.4 Å². The number of nitrogens with zero attached hydrogens (tertiary/aromatic N) is 3. The van der Waals surface area contributed by atoms with E-state index in [0.29, 0.717) is 18.5 Å². The van der Waals surface area contributed by atoms with Crippen molar-refractivity contribution in [2.24, 2.45) is 5.92 Å². The molecule has 1 aliphatic rings. The van der Waals surface area contributed by atoms with E-state index in [4.69, 9.17) is 4.74 Å². The van der Waals surface area contributed by atoms with Gasteiger partial charge >= 0.3 is 0 Å². The first kappa shape index (κ1) is 13.1. The highest BCUT2D eigenvalue weighted by Crippen LogP contribution is 2.34. The zero-order chi connectivity index (χ0) is 13.0. The molecule has 100 valence electrons. The van der Waals surface area contributed by atoms with Gasteiger partial charge in [0.2, 0.25) is 5.88 Å². The Bertz CT molecular complexity index is 377. The molecule has 1 heterocycles. The van der Waals surface area contributed by atoms with E-state index in [0.717, 1.165) is 18.3 Å². The van der Waals surface area contributed by atoms with E-state index in [1.807, 2.05) is 6.92 Å². The third-order valence-electron chi connectivity index (χ3n) is 3.23. The first-order valence-corrected chi connectivity index (χ1v) is 6.56. The molecule has 1 saturated carbocycles. The summed E-state index contributed by atoms with van der Waals surface area (Å²) in [5.74, 6) is 2.19. The summed E-state index contributed by atoms with van der Waals surface area (Å²) in [4.78, 5) is 10.8. The molecule has 0 spiro atoms. The van der Waals surface area contributed by atoms with Gasteiger partial charge in [-0.15, -0.1) is 0 Å². The lowest BCUT2D eigenvalue weighted by atomic mass is 10.1. The first-order valence-electron chi connectivity index (χ1n) is 6.56. The fraction of sp³-hybridized carbons (Fsp3) is 0.692. The maximum atomic E-state index is 5.34. The maximum Gasteiger partial charge on any atom is 0.234 e. The molecule has 0 amide bonds. The summed E-state index contributed by atoms with van der Waals surface area (Å²) in [7, 11) is 4.26. The van der Waals surface area contributed by atoms with Crippen LogP contribution in [0.3, 0.4) is 0 Å². The lowest BCUT2D eigenvalue weighted by Crippen LogP contribution is -2.36. The summed E-state index contributed by atoms with van der Waals surface area (Å²) < 4.78 is 5.34. The molecular formula is C13H22N4O. The first-order chi connectivity index (χ1) is 8.70. The minimum atomic E-state index is 0.572. The van der Waals surface area contributed by atoms with E-state index in [1.54, 1.807) is 12.4 Å². The second kappa shape index (κ2) is 6.00. The minimum Gasteiger partial charge on any atom is -0.477 e. The quantitative estimate of drug-likeness (QED) is 0.797. The number of hydrogen-bond acceptors (Lipinski definition) is 5. The summed E-state index contributed by atoms with van der Waals surface area (Å²) in [5, 5.41) is 3.35. The Hall–Kier alpha value is -1.36. The molecule has 0 radical (unpaired) electrons. The van der Waals surface area contributed by atoms with Crippen LogP contribution in [-0.2, 0) is 0 Å². The Morgan fingerprint density at radius 3 is 2.83 bits per heavy atom. The summed E-state index contributed by atoms with van der Waals surface area (Å²) in [6.45, 7) is 3.46. The molecule has 1 unspecified atom stereocenters. The second-order valence-electron chi connectivity index (χ2n) is 4.92. The molecule has 1 atom stereocenters. The van der Waals surface area contributed by atoms with Crippen molar-refractivity contribution in [1.29, 1.82) is 0 Å². The van der Waals surface area contributed by atoms with Crippen LogP contribution in [0.1, 0.15) is 19.8 Å². The molecule has 1 aromatic heterocycles. The van der Waals surface area contributed by atoms with Crippen LogP contribution in [0.2, 0.25) is 0 Å². The molecule has 5 heteroatoms. The van der Waals surface area contributed by atoms with Crippen molar-refractivity contribution < 1.29 is 4.74 Å². The van der Waals surface area contributed by atoms with E-state index >= 15 is 0 Å². The highest BCUT2D eigenvalue weighted by molar-refractivity contribution is 5.33. The molecule has 1 N–H and O–H groups in total. The Morgan fingerprint density at radius 2 is 2.22 bits per heavy atom. The number of ether oxygens (including phenoxy) is 1. The van der Waals surface area contributed by atoms with Gasteiger partial charge in [0.1, 0.15) is 5.82 Å². The largest absolute Gasteiger partial charge is 0.477 e. The SMILES string of the molecule is CCOc1cncc(NCC(C2CC2)N(C)C)n1. The lowest BCUT2D eigenvalue weighted by molar-refractivity contribution is 0.276. The van der Waals surface area contributed by atoms with Crippen LogP contribution in [0, 0.1) is 5.92 Å². The molecule has 0 saturated heterocycles. The predicted octanol–water partition coefficient (Wildman–Crippen LogP) is 1.63. The van der Waals surface area contributed by atoms with E-state index in [9.17, 15) is 0 Å². The van der Waals surface area contributed by atoms with Crippen molar-refractivity contribution in [2.75, 3.05) is 32.6 Å². The van der Waals surface area contributed by atoms with Crippen molar-refractivity contribution in [3.05, 3.63) is 12.4 Å². The fourth-order valence-corrected chi connectivity index (χ4v) is 2.11. The summed E-state index contributed by atoms with van der Waals surface area (Å²) in [5.41, 5.74) is 0. The topological polar surface area (TPSA) is 50.3 Å². The Balaban J connectivity index is 1.90. The molecule has 0 bridgehead atoms. The van der Waals surface area contributed by atoms with Gasteiger partial charge in [0.15, 0.2) is 0 Å². The Morgan fingerprint density at radius 1 is 1.44 bits per heavy atom. The standard InChI is InChI=1S/C13H22N4O/c1-4-18-13-9-14-8-12(16-13)15-7-11(17(2)3)10-5-6-10/h8-11H,4-7H2,1-3H3,(H,15,16). The minimum absolute atomic E-state index is 0.572. The molecule has 2 rings (SSSR count). The third-order valence-corrected chi connectivity index (χ3v) is 3.23. The summed E-state index contributed by atoms with van der Waals surface area (Å²) >= 11 is 0. The van der Waals surface area contributed by atoms with Crippen LogP contribution >= 0.6 is 0 Å². The number of anilines is 1. The summed E-state index contributed by atoms with van der Waals surface area (Å²) in [6.07, 6.45) is 6.06. The van der Waals surface area contributed by atoms with Crippen LogP contribution in [-0.4, -0.2) is 48.2 Å². The highest BCUT2D eigenvalue weighted by Gasteiger charge is 2.32. The van der Waals surface area contributed by atoms with E-state index in [-0.39, 0.29) is 0 Å². The van der Waals surface area contributed by atoms with Gasteiger partial charge in [-0.2, -0.15) is 4.98 Å². The van der Waals surface area contributed by atoms with Gasteiger partial charge in [-0.25, -0.2) is 0 Å². The molecule has 1 fully saturated rings. The molecule has 1 aliphatic carbocycles. The van der Waals surface area contributed by atoms with E-state index in [2.05, 4.69) is 34.3 Å². The predicted molar refractivity (Wildman–Crippen MR) is 71.9 cm³/mol. The Labute approximate surface area is 109 Å². The molecule has 18 heavy (non-hydrogen) atoms. The molecular weight excluding hydrogens is 228 g/mol. The lowest BCUT2D eigenvalue weighted by Gasteiger charge is -2.24. The van der Waals surface area contributed by atoms with Gasteiger partial charge in [0, 0.05) is 12.6 Å². The van der Waals surface area contributed by atoms with Crippen LogP contribution < -0.4 is 10.1 Å². The van der Waals surface area contributed by atoms with Gasteiger partial charge in [-0.1, -0.05) is 0 Å². The molecule has 1 aromatic rings. The van der Waals surface area contributed by atoms with Crippen LogP contribution in [0.4, 0.5) is 5.82 Å². The van der Waals surface area contributed by atoms with Gasteiger partial charge in [-0.3, -0.25) is 4.98 Å². The molecule has 0 aromatic carbocycles. The maximum absolute atomic E-state index is 5.34. The van der Waals surface area contributed by atoms with Crippen LogP contribution in [0.25, 0.3) is 0 Å². The van der Waals surface area contributed by atoms with Gasteiger partial charge in [-0.05, 0) is 39.8 Å². The monoisotopic (exact) mass is 250 g/mol. The zero-order valence-electron chi connectivity index (χ0n) is 11.4. The van der Waals surface area contributed by atoms with Gasteiger partial charge < -0.3 is 15.0 Å². The zero-order valence-corrected chi connectivity index (χ0v) is 11.4. The number of nitrogens with one attached hydrogen (secondary N) is 1. The van der Waals surface area contributed by atoms with E-state index in [1.165, 1.54) is 12.8 Å². The number of aromatic nitrogens is 2. The Kier molecular flexibility index (Phi) is 4.36. The van der Waals surface area contributed by atoms with Crippen LogP contribution in [0.5, 0.6) is 5.88 Å². The third kappa shape index (κ3) is 3.57. The van der Waals surface area contributed by atoms with Crippen molar-refractivity contribution in [3.8, 4) is 5.88 Å². The van der Waals surface area contributed by atoms with Gasteiger partial charge in [0.25, 0.3) is 0 Å². The molecule has 0 aliphatic heterocycles. The number of likely N-dealkylation sites (N-methyl/N-ethyl adjacent to an activating group) is 1. The normalized spacial score (nSPS) is 16.7. The van der Waals surface area contributed by atoms with Gasteiger partial charge in [0.05, 0.1) is 19.0 Å². The molecule has 5 nitrogen and oxygen atoms in total. The highest BCUT2D eigenvalue weighted by atomic mass is 16.5. The number of hydrogen-bond donors (Lipinski definition) is 1. The average Bonchev–Trinajstić information content (AvgIpc) is 3.14. The number of rotatable bonds is 7. The van der Waals surface area contributed by atoms with Crippen molar-refractivity contribution in [2.45, 2.75) is 25.8 Å². The second-order valence-corrected chi connectivity index (χ2v) is 4.92. The fourth-order valence-electron chi connectivity index (χ4n) is 2.11. The van der Waals surface area contributed by atoms with Crippen molar-refractivity contribution >= 4 is 5.82 Å². The van der Waals surface area contributed by atoms with Crippen molar-refractivity contribution in [1.82, 2.24) is 14.9 Å². The average molecular weight is 250 g/mol.